The molecule has 2 heterocycles. The number of hydrogen-bond acceptors (Lipinski definition) is 4. The highest BCUT2D eigenvalue weighted by Gasteiger charge is 2.58. The molecule has 5 atom stereocenters. The van der Waals surface area contributed by atoms with Crippen LogP contribution in [0.15, 0.2) is 47.5 Å². The number of likely N-dealkylation sites (tertiary alicyclic amines) is 2. The first-order valence-electron chi connectivity index (χ1n) is 12.5. The topological polar surface area (TPSA) is 77.0 Å². The average Bonchev–Trinajstić information content (AvgIpc) is 3.62. The maximum Gasteiger partial charge on any atom is 0.233 e. The Morgan fingerprint density at radius 3 is 2.33 bits per heavy atom. The van der Waals surface area contributed by atoms with E-state index in [0.29, 0.717) is 19.6 Å². The monoisotopic (exact) mass is 449 g/mol. The molecule has 2 saturated heterocycles. The van der Waals surface area contributed by atoms with E-state index in [0.717, 1.165) is 32.0 Å². The van der Waals surface area contributed by atoms with Crippen molar-refractivity contribution >= 4 is 17.8 Å². The first kappa shape index (κ1) is 22.1. The summed E-state index contributed by atoms with van der Waals surface area (Å²) in [5, 5.41) is 6.66. The molecule has 2 aliphatic carbocycles. The highest BCUT2D eigenvalue weighted by molar-refractivity contribution is 6.06. The van der Waals surface area contributed by atoms with Crippen LogP contribution in [-0.4, -0.2) is 66.8 Å². The maximum absolute atomic E-state index is 12.9. The largest absolute Gasteiger partial charge is 0.357 e. The minimum Gasteiger partial charge on any atom is -0.357 e. The van der Waals surface area contributed by atoms with Gasteiger partial charge in [-0.2, -0.15) is 0 Å². The lowest BCUT2D eigenvalue weighted by atomic mass is 9.85. The number of amides is 2. The van der Waals surface area contributed by atoms with E-state index in [4.69, 9.17) is 4.99 Å². The normalized spacial score (nSPS) is 29.7. The van der Waals surface area contributed by atoms with Gasteiger partial charge in [0.05, 0.1) is 24.4 Å². The third-order valence-corrected chi connectivity index (χ3v) is 7.72. The third kappa shape index (κ3) is 4.31. The molecule has 0 aromatic heterocycles. The van der Waals surface area contributed by atoms with E-state index in [1.54, 1.807) is 0 Å². The molecule has 0 radical (unpaired) electrons. The van der Waals surface area contributed by atoms with Gasteiger partial charge in [0.1, 0.15) is 0 Å². The Labute approximate surface area is 196 Å². The van der Waals surface area contributed by atoms with Crippen LogP contribution in [0.3, 0.4) is 0 Å². The molecular formula is C26H35N5O2. The lowest BCUT2D eigenvalue weighted by Gasteiger charge is -2.27. The van der Waals surface area contributed by atoms with Gasteiger partial charge >= 0.3 is 0 Å². The van der Waals surface area contributed by atoms with E-state index in [2.05, 4.69) is 58.0 Å². The van der Waals surface area contributed by atoms with Crippen LogP contribution in [0.5, 0.6) is 0 Å². The van der Waals surface area contributed by atoms with E-state index in [1.165, 1.54) is 23.3 Å². The van der Waals surface area contributed by atoms with Gasteiger partial charge in [0.15, 0.2) is 5.96 Å². The number of nitrogens with one attached hydrogen (secondary N) is 2. The van der Waals surface area contributed by atoms with Gasteiger partial charge in [-0.15, -0.1) is 0 Å². The standard InChI is InChI=1S/C26H35N5O2/c1-2-27-26(29-17-21(30-13-6-7-14-30)18-8-4-3-5-9-18)28-12-15-31-24(32)22-19-10-11-20(16-19)23(22)25(31)33/h3-5,8-11,19-23H,2,6-7,12-17H2,1H3,(H2,27,28,29). The summed E-state index contributed by atoms with van der Waals surface area (Å²) in [6.07, 6.45) is 7.72. The predicted octanol–water partition coefficient (Wildman–Crippen LogP) is 2.19. The Morgan fingerprint density at radius 1 is 1.03 bits per heavy atom. The summed E-state index contributed by atoms with van der Waals surface area (Å²) in [5.41, 5.74) is 1.29. The molecule has 0 spiro atoms. The Balaban J connectivity index is 1.20. The van der Waals surface area contributed by atoms with E-state index in [1.807, 2.05) is 6.92 Å². The number of hydrogen-bond donors (Lipinski definition) is 2. The van der Waals surface area contributed by atoms with E-state index >= 15 is 0 Å². The lowest BCUT2D eigenvalue weighted by Crippen LogP contribution is -2.44. The Hall–Kier alpha value is -2.67. The summed E-state index contributed by atoms with van der Waals surface area (Å²) in [6, 6.07) is 10.9. The number of guanidine groups is 1. The Bertz CT molecular complexity index is 894. The second kappa shape index (κ2) is 9.67. The number of imide groups is 1. The lowest BCUT2D eigenvalue weighted by molar-refractivity contribution is -0.140. The fraction of sp³-hybridized carbons (Fsp3) is 0.577. The van der Waals surface area contributed by atoms with Crippen molar-refractivity contribution in [3.05, 3.63) is 48.0 Å². The van der Waals surface area contributed by atoms with E-state index in [-0.39, 0.29) is 41.5 Å². The van der Waals surface area contributed by atoms with Gasteiger partial charge in [0.25, 0.3) is 0 Å². The smallest absolute Gasteiger partial charge is 0.233 e. The van der Waals surface area contributed by atoms with Crippen molar-refractivity contribution in [3.63, 3.8) is 0 Å². The summed E-state index contributed by atoms with van der Waals surface area (Å²) in [5.74, 6) is 1.04. The molecule has 2 N–H and O–H groups in total. The molecule has 176 valence electrons. The van der Waals surface area contributed by atoms with Crippen molar-refractivity contribution in [1.29, 1.82) is 0 Å². The van der Waals surface area contributed by atoms with Crippen LogP contribution in [0.4, 0.5) is 0 Å². The number of carbonyl (C=O) groups excluding carboxylic acids is 2. The SMILES string of the molecule is CCNC(=NCC(c1ccccc1)N1CCCC1)NCCN1C(=O)C2C3C=CC(C3)C2C1=O. The van der Waals surface area contributed by atoms with Gasteiger partial charge < -0.3 is 10.6 Å². The van der Waals surface area contributed by atoms with Gasteiger partial charge in [-0.3, -0.25) is 24.4 Å². The van der Waals surface area contributed by atoms with Crippen LogP contribution >= 0.6 is 0 Å². The number of benzene rings is 1. The second-order valence-corrected chi connectivity index (χ2v) is 9.64. The maximum atomic E-state index is 12.9. The fourth-order valence-corrected chi connectivity index (χ4v) is 6.15. The number of allylic oxidation sites excluding steroid dienone is 2. The molecule has 2 bridgehead atoms. The summed E-state index contributed by atoms with van der Waals surface area (Å²) >= 11 is 0. The minimum absolute atomic E-state index is 0.0174. The Morgan fingerprint density at radius 2 is 1.70 bits per heavy atom. The van der Waals surface area contributed by atoms with Gasteiger partial charge in [-0.25, -0.2) is 0 Å². The van der Waals surface area contributed by atoms with Crippen molar-refractivity contribution < 1.29 is 9.59 Å². The third-order valence-electron chi connectivity index (χ3n) is 7.72. The summed E-state index contributed by atoms with van der Waals surface area (Å²) < 4.78 is 0. The molecule has 2 amide bonds. The van der Waals surface area contributed by atoms with Crippen molar-refractivity contribution in [2.45, 2.75) is 32.2 Å². The molecular weight excluding hydrogens is 414 g/mol. The molecule has 3 fully saturated rings. The zero-order valence-electron chi connectivity index (χ0n) is 19.5. The first-order chi connectivity index (χ1) is 16.2. The van der Waals surface area contributed by atoms with Gasteiger partial charge in [-0.05, 0) is 56.7 Å². The summed E-state index contributed by atoms with van der Waals surface area (Å²) in [4.78, 5) is 34.7. The Kier molecular flexibility index (Phi) is 6.49. The molecule has 7 heteroatoms. The first-order valence-corrected chi connectivity index (χ1v) is 12.5. The van der Waals surface area contributed by atoms with Gasteiger partial charge in [-0.1, -0.05) is 42.5 Å². The number of aliphatic imine (C=N–C) groups is 1. The molecule has 2 aliphatic heterocycles. The molecule has 7 nitrogen and oxygen atoms in total. The zero-order chi connectivity index (χ0) is 22.8. The molecule has 1 saturated carbocycles. The van der Waals surface area contributed by atoms with Crippen LogP contribution in [0.2, 0.25) is 0 Å². The van der Waals surface area contributed by atoms with Crippen molar-refractivity contribution in [2.75, 3.05) is 39.3 Å². The zero-order valence-corrected chi connectivity index (χ0v) is 19.5. The highest BCUT2D eigenvalue weighted by Crippen LogP contribution is 2.52. The quantitative estimate of drug-likeness (QED) is 0.275. The number of rotatable bonds is 8. The average molecular weight is 450 g/mol. The van der Waals surface area contributed by atoms with Crippen LogP contribution in [0, 0.1) is 23.7 Å². The molecule has 5 rings (SSSR count). The molecule has 1 aromatic carbocycles. The number of carbonyl (C=O) groups is 2. The van der Waals surface area contributed by atoms with Crippen molar-refractivity contribution in [2.24, 2.45) is 28.7 Å². The number of nitrogens with zero attached hydrogens (tertiary/aromatic N) is 3. The van der Waals surface area contributed by atoms with E-state index < -0.39 is 0 Å². The van der Waals surface area contributed by atoms with Crippen LogP contribution in [0.1, 0.15) is 37.8 Å². The molecule has 4 aliphatic rings. The molecule has 33 heavy (non-hydrogen) atoms. The molecule has 5 unspecified atom stereocenters. The fourth-order valence-electron chi connectivity index (χ4n) is 6.15. The highest BCUT2D eigenvalue weighted by atomic mass is 16.2. The van der Waals surface area contributed by atoms with Gasteiger partial charge in [0, 0.05) is 19.6 Å². The van der Waals surface area contributed by atoms with Crippen LogP contribution in [-0.2, 0) is 9.59 Å². The number of fused-ring (bicyclic) bond motifs is 5. The van der Waals surface area contributed by atoms with Crippen molar-refractivity contribution in [3.8, 4) is 0 Å². The van der Waals surface area contributed by atoms with Crippen molar-refractivity contribution in [1.82, 2.24) is 20.4 Å². The summed E-state index contributed by atoms with van der Waals surface area (Å²) in [6.45, 7) is 6.58. The molecule has 1 aromatic rings. The second-order valence-electron chi connectivity index (χ2n) is 9.64. The minimum atomic E-state index is -0.124. The predicted molar refractivity (Wildman–Crippen MR) is 128 cm³/mol. The van der Waals surface area contributed by atoms with E-state index in [9.17, 15) is 9.59 Å². The van der Waals surface area contributed by atoms with Crippen LogP contribution < -0.4 is 10.6 Å². The summed E-state index contributed by atoms with van der Waals surface area (Å²) in [7, 11) is 0. The van der Waals surface area contributed by atoms with Gasteiger partial charge in [0.2, 0.25) is 11.8 Å². The van der Waals surface area contributed by atoms with Crippen LogP contribution in [0.25, 0.3) is 0 Å².